The van der Waals surface area contributed by atoms with Crippen LogP contribution in [0.25, 0.3) is 0 Å². The standard InChI is InChI=1S/C11H25N3O/c1-4-14(5-2)8-6-7-13-11(15)10(3)9-12/h10H,4-9,12H2,1-3H3,(H,13,15). The Morgan fingerprint density at radius 2 is 2.00 bits per heavy atom. The molecule has 1 amide bonds. The molecule has 4 heteroatoms. The van der Waals surface area contributed by atoms with Gasteiger partial charge in [-0.1, -0.05) is 20.8 Å². The van der Waals surface area contributed by atoms with Crippen LogP contribution in [0.15, 0.2) is 0 Å². The molecule has 0 bridgehead atoms. The van der Waals surface area contributed by atoms with Gasteiger partial charge in [0.1, 0.15) is 0 Å². The Hall–Kier alpha value is -0.610. The van der Waals surface area contributed by atoms with Crippen molar-refractivity contribution >= 4 is 5.91 Å². The molecule has 0 aromatic heterocycles. The number of rotatable bonds is 8. The van der Waals surface area contributed by atoms with Gasteiger partial charge in [0.2, 0.25) is 5.91 Å². The Kier molecular flexibility index (Phi) is 8.33. The number of hydrogen-bond donors (Lipinski definition) is 2. The third-order valence-corrected chi connectivity index (χ3v) is 2.65. The monoisotopic (exact) mass is 215 g/mol. The lowest BCUT2D eigenvalue weighted by molar-refractivity contribution is -0.124. The van der Waals surface area contributed by atoms with Gasteiger partial charge >= 0.3 is 0 Å². The topological polar surface area (TPSA) is 58.4 Å². The molecule has 0 radical (unpaired) electrons. The molecule has 90 valence electrons. The normalized spacial score (nSPS) is 12.9. The van der Waals surface area contributed by atoms with Crippen molar-refractivity contribution in [2.45, 2.75) is 27.2 Å². The lowest BCUT2D eigenvalue weighted by Crippen LogP contribution is -2.35. The Morgan fingerprint density at radius 1 is 1.40 bits per heavy atom. The molecule has 0 spiro atoms. The molecule has 15 heavy (non-hydrogen) atoms. The van der Waals surface area contributed by atoms with Crippen molar-refractivity contribution in [1.82, 2.24) is 10.2 Å². The summed E-state index contributed by atoms with van der Waals surface area (Å²) in [4.78, 5) is 13.7. The van der Waals surface area contributed by atoms with Crippen LogP contribution in [0.1, 0.15) is 27.2 Å². The average molecular weight is 215 g/mol. The predicted octanol–water partition coefficient (Wildman–Crippen LogP) is 0.429. The molecule has 0 aromatic rings. The Labute approximate surface area is 93.2 Å². The highest BCUT2D eigenvalue weighted by Gasteiger charge is 2.09. The molecule has 0 aromatic carbocycles. The zero-order chi connectivity index (χ0) is 11.7. The van der Waals surface area contributed by atoms with E-state index in [1.54, 1.807) is 0 Å². The second-order valence-electron chi connectivity index (χ2n) is 3.81. The van der Waals surface area contributed by atoms with Crippen molar-refractivity contribution in [3.8, 4) is 0 Å². The van der Waals surface area contributed by atoms with Gasteiger partial charge in [0, 0.05) is 19.0 Å². The minimum Gasteiger partial charge on any atom is -0.356 e. The van der Waals surface area contributed by atoms with Gasteiger partial charge in [0.25, 0.3) is 0 Å². The fourth-order valence-electron chi connectivity index (χ4n) is 1.34. The van der Waals surface area contributed by atoms with Crippen molar-refractivity contribution in [3.63, 3.8) is 0 Å². The van der Waals surface area contributed by atoms with Crippen molar-refractivity contribution in [2.75, 3.05) is 32.7 Å². The number of amides is 1. The van der Waals surface area contributed by atoms with Crippen molar-refractivity contribution < 1.29 is 4.79 Å². The Bertz CT molecular complexity index is 169. The summed E-state index contributed by atoms with van der Waals surface area (Å²) in [6, 6.07) is 0. The lowest BCUT2D eigenvalue weighted by Gasteiger charge is -2.18. The first-order valence-electron chi connectivity index (χ1n) is 5.85. The molecule has 0 aliphatic carbocycles. The van der Waals surface area contributed by atoms with Crippen LogP contribution in [0.4, 0.5) is 0 Å². The van der Waals surface area contributed by atoms with Crippen LogP contribution < -0.4 is 11.1 Å². The fraction of sp³-hybridized carbons (Fsp3) is 0.909. The van der Waals surface area contributed by atoms with Crippen LogP contribution in [0.3, 0.4) is 0 Å². The maximum Gasteiger partial charge on any atom is 0.224 e. The van der Waals surface area contributed by atoms with Gasteiger partial charge in [-0.05, 0) is 26.1 Å². The molecular weight excluding hydrogens is 190 g/mol. The molecule has 0 heterocycles. The third kappa shape index (κ3) is 6.47. The van der Waals surface area contributed by atoms with Crippen molar-refractivity contribution in [3.05, 3.63) is 0 Å². The van der Waals surface area contributed by atoms with E-state index < -0.39 is 0 Å². The van der Waals surface area contributed by atoms with E-state index in [0.717, 1.165) is 32.6 Å². The number of nitrogens with zero attached hydrogens (tertiary/aromatic N) is 1. The first-order valence-corrected chi connectivity index (χ1v) is 5.85. The Balaban J connectivity index is 3.49. The summed E-state index contributed by atoms with van der Waals surface area (Å²) in [6.45, 7) is 10.5. The molecule has 3 N–H and O–H groups in total. The highest BCUT2D eigenvalue weighted by Crippen LogP contribution is 1.92. The molecule has 1 unspecified atom stereocenters. The van der Waals surface area contributed by atoms with Crippen LogP contribution in [0.2, 0.25) is 0 Å². The first kappa shape index (κ1) is 14.4. The van der Waals surface area contributed by atoms with Gasteiger partial charge < -0.3 is 16.0 Å². The maximum absolute atomic E-state index is 11.4. The quantitative estimate of drug-likeness (QED) is 0.577. The summed E-state index contributed by atoms with van der Waals surface area (Å²) in [7, 11) is 0. The second kappa shape index (κ2) is 8.68. The lowest BCUT2D eigenvalue weighted by atomic mass is 10.2. The highest BCUT2D eigenvalue weighted by atomic mass is 16.1. The van der Waals surface area contributed by atoms with Gasteiger partial charge in [0.15, 0.2) is 0 Å². The molecule has 0 fully saturated rings. The molecule has 0 saturated carbocycles. The predicted molar refractivity (Wildman–Crippen MR) is 63.6 cm³/mol. The van der Waals surface area contributed by atoms with E-state index in [0.29, 0.717) is 6.54 Å². The molecule has 0 saturated heterocycles. The van der Waals surface area contributed by atoms with Gasteiger partial charge in [-0.15, -0.1) is 0 Å². The second-order valence-corrected chi connectivity index (χ2v) is 3.81. The first-order chi connectivity index (χ1) is 7.15. The van der Waals surface area contributed by atoms with E-state index in [-0.39, 0.29) is 11.8 Å². The summed E-state index contributed by atoms with van der Waals surface area (Å²) >= 11 is 0. The van der Waals surface area contributed by atoms with E-state index in [2.05, 4.69) is 24.1 Å². The largest absolute Gasteiger partial charge is 0.356 e. The maximum atomic E-state index is 11.4. The van der Waals surface area contributed by atoms with E-state index >= 15 is 0 Å². The number of carbonyl (C=O) groups is 1. The number of hydrogen-bond acceptors (Lipinski definition) is 3. The summed E-state index contributed by atoms with van der Waals surface area (Å²) < 4.78 is 0. The van der Waals surface area contributed by atoms with Gasteiger partial charge in [-0.3, -0.25) is 4.79 Å². The SMILES string of the molecule is CCN(CC)CCCNC(=O)C(C)CN. The zero-order valence-electron chi connectivity index (χ0n) is 10.3. The van der Waals surface area contributed by atoms with E-state index in [1.165, 1.54) is 0 Å². The number of nitrogens with two attached hydrogens (primary N) is 1. The van der Waals surface area contributed by atoms with Crippen LogP contribution in [-0.2, 0) is 4.79 Å². The summed E-state index contributed by atoms with van der Waals surface area (Å²) in [5, 5.41) is 2.89. The van der Waals surface area contributed by atoms with Gasteiger partial charge in [-0.25, -0.2) is 0 Å². The third-order valence-electron chi connectivity index (χ3n) is 2.65. The summed E-state index contributed by atoms with van der Waals surface area (Å²) in [6.07, 6.45) is 1.00. The molecule has 4 nitrogen and oxygen atoms in total. The summed E-state index contributed by atoms with van der Waals surface area (Å²) in [5.41, 5.74) is 5.40. The van der Waals surface area contributed by atoms with E-state index in [9.17, 15) is 4.79 Å². The highest BCUT2D eigenvalue weighted by molar-refractivity contribution is 5.78. The van der Waals surface area contributed by atoms with E-state index in [4.69, 9.17) is 5.73 Å². The minimum atomic E-state index is -0.0709. The average Bonchev–Trinajstić information content (AvgIpc) is 2.27. The van der Waals surface area contributed by atoms with Crippen LogP contribution in [-0.4, -0.2) is 43.5 Å². The Morgan fingerprint density at radius 3 is 2.47 bits per heavy atom. The van der Waals surface area contributed by atoms with Crippen LogP contribution in [0.5, 0.6) is 0 Å². The van der Waals surface area contributed by atoms with Crippen LogP contribution in [0, 0.1) is 5.92 Å². The van der Waals surface area contributed by atoms with E-state index in [1.807, 2.05) is 6.92 Å². The number of carbonyl (C=O) groups excluding carboxylic acids is 1. The zero-order valence-corrected chi connectivity index (χ0v) is 10.3. The minimum absolute atomic E-state index is 0.0667. The fourth-order valence-corrected chi connectivity index (χ4v) is 1.34. The summed E-state index contributed by atoms with van der Waals surface area (Å²) in [5.74, 6) is -0.00417. The van der Waals surface area contributed by atoms with Crippen molar-refractivity contribution in [2.24, 2.45) is 11.7 Å². The van der Waals surface area contributed by atoms with Gasteiger partial charge in [-0.2, -0.15) is 0 Å². The molecule has 0 rings (SSSR count). The molecule has 0 aliphatic heterocycles. The van der Waals surface area contributed by atoms with Gasteiger partial charge in [0.05, 0.1) is 0 Å². The van der Waals surface area contributed by atoms with Crippen LogP contribution >= 0.6 is 0 Å². The van der Waals surface area contributed by atoms with Crippen molar-refractivity contribution in [1.29, 1.82) is 0 Å². The molecule has 0 aliphatic rings. The smallest absolute Gasteiger partial charge is 0.224 e. The molecule has 1 atom stereocenters. The number of nitrogens with one attached hydrogen (secondary N) is 1. The molecular formula is C11H25N3O.